The van der Waals surface area contributed by atoms with Gasteiger partial charge in [0.15, 0.2) is 17.0 Å². The zero-order chi connectivity index (χ0) is 22.4. The van der Waals surface area contributed by atoms with Crippen molar-refractivity contribution in [3.05, 3.63) is 76.7 Å². The SMILES string of the molecule is CC(Oc1ccc(Cl)cc1Cl)C(=O)NC(=S)Nc1ccc(NC(=O)c2ccco2)cc1. The van der Waals surface area contributed by atoms with Gasteiger partial charge in [0.05, 0.1) is 11.3 Å². The summed E-state index contributed by atoms with van der Waals surface area (Å²) in [5, 5.41) is 9.00. The van der Waals surface area contributed by atoms with Crippen LogP contribution in [0.4, 0.5) is 11.4 Å². The molecule has 1 unspecified atom stereocenters. The van der Waals surface area contributed by atoms with E-state index in [0.29, 0.717) is 27.2 Å². The summed E-state index contributed by atoms with van der Waals surface area (Å²) < 4.78 is 10.6. The summed E-state index contributed by atoms with van der Waals surface area (Å²) in [6.45, 7) is 1.57. The first-order chi connectivity index (χ1) is 14.8. The zero-order valence-electron chi connectivity index (χ0n) is 16.1. The Bertz CT molecular complexity index is 1090. The molecule has 0 radical (unpaired) electrons. The number of anilines is 2. The molecule has 3 N–H and O–H groups in total. The molecule has 7 nitrogen and oxygen atoms in total. The van der Waals surface area contributed by atoms with Crippen molar-refractivity contribution in [2.45, 2.75) is 13.0 Å². The molecule has 160 valence electrons. The third kappa shape index (κ3) is 6.45. The van der Waals surface area contributed by atoms with Gasteiger partial charge < -0.3 is 19.8 Å². The molecule has 2 amide bonds. The Morgan fingerprint density at radius 2 is 1.71 bits per heavy atom. The first-order valence-electron chi connectivity index (χ1n) is 9.00. The number of furan rings is 1. The molecule has 0 aliphatic rings. The fourth-order valence-electron chi connectivity index (χ4n) is 2.43. The fourth-order valence-corrected chi connectivity index (χ4v) is 3.10. The quantitative estimate of drug-likeness (QED) is 0.426. The predicted molar refractivity (Wildman–Crippen MR) is 124 cm³/mol. The molecule has 0 spiro atoms. The van der Waals surface area contributed by atoms with Crippen LogP contribution in [-0.2, 0) is 4.79 Å². The van der Waals surface area contributed by atoms with Gasteiger partial charge in [-0.1, -0.05) is 23.2 Å². The van der Waals surface area contributed by atoms with Crippen LogP contribution in [0.1, 0.15) is 17.5 Å². The molecule has 0 aliphatic carbocycles. The van der Waals surface area contributed by atoms with E-state index in [1.165, 1.54) is 12.3 Å². The lowest BCUT2D eigenvalue weighted by atomic mass is 10.2. The number of benzene rings is 2. The average Bonchev–Trinajstić information content (AvgIpc) is 3.26. The van der Waals surface area contributed by atoms with Gasteiger partial charge >= 0.3 is 0 Å². The number of hydrogen-bond acceptors (Lipinski definition) is 5. The van der Waals surface area contributed by atoms with E-state index in [9.17, 15) is 9.59 Å². The highest BCUT2D eigenvalue weighted by Gasteiger charge is 2.17. The van der Waals surface area contributed by atoms with Gasteiger partial charge in [-0.2, -0.15) is 0 Å². The van der Waals surface area contributed by atoms with Gasteiger partial charge in [-0.05, 0) is 73.7 Å². The van der Waals surface area contributed by atoms with Crippen molar-refractivity contribution in [2.75, 3.05) is 10.6 Å². The molecule has 0 saturated heterocycles. The summed E-state index contributed by atoms with van der Waals surface area (Å²) in [5.74, 6) is -0.267. The Morgan fingerprint density at radius 1 is 1.03 bits per heavy atom. The number of carbonyl (C=O) groups is 2. The molecule has 0 aliphatic heterocycles. The number of ether oxygens (including phenoxy) is 1. The lowest BCUT2D eigenvalue weighted by Gasteiger charge is -2.16. The summed E-state index contributed by atoms with van der Waals surface area (Å²) in [7, 11) is 0. The number of nitrogens with one attached hydrogen (secondary N) is 3. The van der Waals surface area contributed by atoms with Crippen LogP contribution in [0, 0.1) is 0 Å². The number of halogens is 2. The van der Waals surface area contributed by atoms with E-state index in [4.69, 9.17) is 44.6 Å². The van der Waals surface area contributed by atoms with Gasteiger partial charge in [0, 0.05) is 16.4 Å². The molecular weight excluding hydrogens is 461 g/mol. The summed E-state index contributed by atoms with van der Waals surface area (Å²) >= 11 is 17.1. The molecule has 31 heavy (non-hydrogen) atoms. The zero-order valence-corrected chi connectivity index (χ0v) is 18.5. The third-order valence-corrected chi connectivity index (χ3v) is 4.68. The third-order valence-electron chi connectivity index (χ3n) is 3.95. The van der Waals surface area contributed by atoms with Crippen molar-refractivity contribution in [1.29, 1.82) is 0 Å². The molecule has 0 fully saturated rings. The number of hydrogen-bond donors (Lipinski definition) is 3. The number of carbonyl (C=O) groups excluding carboxylic acids is 2. The average molecular weight is 478 g/mol. The highest BCUT2D eigenvalue weighted by Crippen LogP contribution is 2.28. The normalized spacial score (nSPS) is 11.3. The standard InChI is InChI=1S/C21H17Cl2N3O4S/c1-12(30-17-9-4-13(22)11-16(17)23)19(27)26-21(31)25-15-7-5-14(6-8-15)24-20(28)18-3-2-10-29-18/h2-12H,1H3,(H,24,28)(H2,25,26,27,31). The van der Waals surface area contributed by atoms with Crippen LogP contribution in [0.3, 0.4) is 0 Å². The topological polar surface area (TPSA) is 92.6 Å². The van der Waals surface area contributed by atoms with Crippen LogP contribution in [0.2, 0.25) is 10.0 Å². The molecule has 1 atom stereocenters. The second-order valence-electron chi connectivity index (χ2n) is 6.29. The lowest BCUT2D eigenvalue weighted by molar-refractivity contribution is -0.125. The maximum atomic E-state index is 12.3. The van der Waals surface area contributed by atoms with E-state index in [1.807, 2.05) is 0 Å². The molecule has 1 aromatic heterocycles. The summed E-state index contributed by atoms with van der Waals surface area (Å²) in [5.41, 5.74) is 1.19. The molecule has 3 aromatic rings. The Kier molecular flexibility index (Phi) is 7.51. The minimum absolute atomic E-state index is 0.0926. The van der Waals surface area contributed by atoms with Crippen molar-refractivity contribution in [3.8, 4) is 5.75 Å². The molecule has 0 bridgehead atoms. The van der Waals surface area contributed by atoms with Gasteiger partial charge in [-0.3, -0.25) is 14.9 Å². The van der Waals surface area contributed by atoms with Crippen LogP contribution in [0.25, 0.3) is 0 Å². The second kappa shape index (κ2) is 10.3. The Labute approximate surface area is 193 Å². The fraction of sp³-hybridized carbons (Fsp3) is 0.0952. The first-order valence-corrected chi connectivity index (χ1v) is 10.2. The molecule has 1 heterocycles. The maximum Gasteiger partial charge on any atom is 0.291 e. The Hall–Kier alpha value is -3.07. The van der Waals surface area contributed by atoms with Gasteiger partial charge in [-0.15, -0.1) is 0 Å². The molecule has 0 saturated carbocycles. The Morgan fingerprint density at radius 3 is 2.32 bits per heavy atom. The largest absolute Gasteiger partial charge is 0.479 e. The van der Waals surface area contributed by atoms with Gasteiger partial charge in [0.25, 0.3) is 11.8 Å². The maximum absolute atomic E-state index is 12.3. The molecule has 3 rings (SSSR count). The second-order valence-corrected chi connectivity index (χ2v) is 7.54. The van der Waals surface area contributed by atoms with Crippen molar-refractivity contribution in [2.24, 2.45) is 0 Å². The lowest BCUT2D eigenvalue weighted by Crippen LogP contribution is -2.42. The van der Waals surface area contributed by atoms with Crippen molar-refractivity contribution >= 4 is 63.7 Å². The summed E-state index contributed by atoms with van der Waals surface area (Å²) in [6.07, 6.45) is 0.574. The molecular formula is C21H17Cl2N3O4S. The van der Waals surface area contributed by atoms with E-state index in [-0.39, 0.29) is 16.8 Å². The monoisotopic (exact) mass is 477 g/mol. The van der Waals surface area contributed by atoms with E-state index in [1.54, 1.807) is 55.5 Å². The Balaban J connectivity index is 1.50. The number of thiocarbonyl (C=S) groups is 1. The minimum atomic E-state index is -0.849. The van der Waals surface area contributed by atoms with Gasteiger partial charge in [-0.25, -0.2) is 0 Å². The van der Waals surface area contributed by atoms with E-state index in [2.05, 4.69) is 16.0 Å². The highest BCUT2D eigenvalue weighted by molar-refractivity contribution is 7.80. The van der Waals surface area contributed by atoms with Gasteiger partial charge in [0.2, 0.25) is 0 Å². The van der Waals surface area contributed by atoms with Crippen LogP contribution in [-0.4, -0.2) is 23.0 Å². The smallest absolute Gasteiger partial charge is 0.291 e. The van der Waals surface area contributed by atoms with Crippen molar-refractivity contribution < 1.29 is 18.7 Å². The van der Waals surface area contributed by atoms with Crippen LogP contribution in [0.15, 0.2) is 65.3 Å². The minimum Gasteiger partial charge on any atom is -0.479 e. The number of rotatable bonds is 6. The van der Waals surface area contributed by atoms with E-state index in [0.717, 1.165) is 0 Å². The van der Waals surface area contributed by atoms with Gasteiger partial charge in [0.1, 0.15) is 5.75 Å². The van der Waals surface area contributed by atoms with E-state index < -0.39 is 12.0 Å². The predicted octanol–water partition coefficient (Wildman–Crippen LogP) is 5.12. The van der Waals surface area contributed by atoms with E-state index >= 15 is 0 Å². The summed E-state index contributed by atoms with van der Waals surface area (Å²) in [4.78, 5) is 24.3. The van der Waals surface area contributed by atoms with Crippen LogP contribution >= 0.6 is 35.4 Å². The van der Waals surface area contributed by atoms with Crippen molar-refractivity contribution in [1.82, 2.24) is 5.32 Å². The molecule has 10 heteroatoms. The van der Waals surface area contributed by atoms with Crippen molar-refractivity contribution in [3.63, 3.8) is 0 Å². The first kappa shape index (κ1) is 22.6. The summed E-state index contributed by atoms with van der Waals surface area (Å²) in [6, 6.07) is 14.7. The van der Waals surface area contributed by atoms with Crippen LogP contribution < -0.4 is 20.7 Å². The number of amides is 2. The van der Waals surface area contributed by atoms with Crippen LogP contribution in [0.5, 0.6) is 5.75 Å². The molecule has 2 aromatic carbocycles. The highest BCUT2D eigenvalue weighted by atomic mass is 35.5.